The number of nitrogens with one attached hydrogen (secondary N) is 1. The molecule has 1 amide bonds. The summed E-state index contributed by atoms with van der Waals surface area (Å²) in [6.07, 6.45) is 4.24. The molecule has 2 aromatic carbocycles. The van der Waals surface area contributed by atoms with E-state index in [4.69, 9.17) is 0 Å². The highest BCUT2D eigenvalue weighted by Gasteiger charge is 2.31. The van der Waals surface area contributed by atoms with E-state index in [2.05, 4.69) is 5.32 Å². The molecule has 0 bridgehead atoms. The van der Waals surface area contributed by atoms with Crippen LogP contribution in [-0.4, -0.2) is 59.2 Å². The predicted molar refractivity (Wildman–Crippen MR) is 151 cm³/mol. The van der Waals surface area contributed by atoms with Gasteiger partial charge in [0, 0.05) is 12.1 Å². The fraction of sp³-hybridized carbons (Fsp3) is 0.533. The van der Waals surface area contributed by atoms with Crippen LogP contribution in [0.3, 0.4) is 0 Å². The second-order valence-electron chi connectivity index (χ2n) is 10.5. The number of hydrogen-bond donors (Lipinski definition) is 2. The lowest BCUT2D eigenvalue weighted by Crippen LogP contribution is -2.41. The van der Waals surface area contributed by atoms with Crippen molar-refractivity contribution in [3.63, 3.8) is 0 Å². The van der Waals surface area contributed by atoms with Gasteiger partial charge in [0.15, 0.2) is 0 Å². The van der Waals surface area contributed by atoms with Crippen LogP contribution in [0.1, 0.15) is 66.4 Å². The Morgan fingerprint density at radius 2 is 1.82 bits per heavy atom. The minimum absolute atomic E-state index is 0.110. The van der Waals surface area contributed by atoms with Crippen LogP contribution >= 0.6 is 11.8 Å². The molecule has 1 saturated carbocycles. The van der Waals surface area contributed by atoms with Gasteiger partial charge in [0.1, 0.15) is 6.04 Å². The molecule has 1 aliphatic rings. The van der Waals surface area contributed by atoms with E-state index < -0.39 is 30.6 Å². The van der Waals surface area contributed by atoms with Gasteiger partial charge in [-0.2, -0.15) is 24.9 Å². The molecule has 1 atom stereocenters. The largest absolute Gasteiger partial charge is 0.480 e. The highest BCUT2D eigenvalue weighted by molar-refractivity contribution is 7.98. The molecule has 1 unspecified atom stereocenters. The van der Waals surface area contributed by atoms with Gasteiger partial charge in [-0.1, -0.05) is 62.4 Å². The topological polar surface area (TPSA) is 69.6 Å². The molecule has 1 fully saturated rings. The third kappa shape index (κ3) is 9.87. The summed E-state index contributed by atoms with van der Waals surface area (Å²) < 4.78 is 40.4. The molecule has 0 aliphatic heterocycles. The van der Waals surface area contributed by atoms with Crippen LogP contribution in [0.2, 0.25) is 0 Å². The molecule has 0 radical (unpaired) electrons. The molecule has 0 saturated heterocycles. The van der Waals surface area contributed by atoms with Gasteiger partial charge < -0.3 is 10.4 Å². The van der Waals surface area contributed by atoms with Crippen molar-refractivity contribution >= 4 is 23.6 Å². The fourth-order valence-corrected chi connectivity index (χ4v) is 5.75. The smallest absolute Gasteiger partial charge is 0.401 e. The van der Waals surface area contributed by atoms with E-state index in [0.717, 1.165) is 43.2 Å². The Balaban J connectivity index is 1.89. The van der Waals surface area contributed by atoms with Crippen molar-refractivity contribution in [3.05, 3.63) is 59.2 Å². The van der Waals surface area contributed by atoms with Crippen molar-refractivity contribution in [2.75, 3.05) is 25.1 Å². The van der Waals surface area contributed by atoms with Gasteiger partial charge in [-0.15, -0.1) is 0 Å². The van der Waals surface area contributed by atoms with Crippen molar-refractivity contribution in [2.24, 2.45) is 5.92 Å². The van der Waals surface area contributed by atoms with Gasteiger partial charge >= 0.3 is 12.1 Å². The Morgan fingerprint density at radius 3 is 2.46 bits per heavy atom. The number of carboxylic acids is 1. The summed E-state index contributed by atoms with van der Waals surface area (Å²) in [7, 11) is 0. The van der Waals surface area contributed by atoms with Crippen LogP contribution in [0, 0.1) is 12.8 Å². The first kappa shape index (κ1) is 31.0. The Labute approximate surface area is 233 Å². The summed E-state index contributed by atoms with van der Waals surface area (Å²) in [6.45, 7) is 1.39. The minimum atomic E-state index is -4.31. The summed E-state index contributed by atoms with van der Waals surface area (Å²) in [5, 5.41) is 12.2. The van der Waals surface area contributed by atoms with E-state index in [0.29, 0.717) is 34.9 Å². The molecule has 1 aliphatic carbocycles. The molecule has 39 heavy (non-hydrogen) atoms. The zero-order valence-corrected chi connectivity index (χ0v) is 23.5. The van der Waals surface area contributed by atoms with Gasteiger partial charge in [-0.05, 0) is 78.6 Å². The van der Waals surface area contributed by atoms with Crippen molar-refractivity contribution in [1.82, 2.24) is 10.2 Å². The summed E-state index contributed by atoms with van der Waals surface area (Å²) in [4.78, 5) is 26.5. The van der Waals surface area contributed by atoms with Crippen molar-refractivity contribution in [1.29, 1.82) is 0 Å². The van der Waals surface area contributed by atoms with Gasteiger partial charge in [0.25, 0.3) is 5.91 Å². The van der Waals surface area contributed by atoms with E-state index in [1.807, 2.05) is 37.4 Å². The second-order valence-corrected chi connectivity index (χ2v) is 11.4. The SMILES string of the molecule is CSCCC(NC(=O)c1ccc(CN(CCC2CCCCC2)CC(F)(F)F)cc1-c1ccccc1C)C(=O)O. The van der Waals surface area contributed by atoms with Gasteiger partial charge in [-0.25, -0.2) is 4.79 Å². The van der Waals surface area contributed by atoms with Crippen molar-refractivity contribution in [3.8, 4) is 11.1 Å². The third-order valence-corrected chi connectivity index (χ3v) is 8.01. The normalized spacial score (nSPS) is 15.3. The summed E-state index contributed by atoms with van der Waals surface area (Å²) >= 11 is 1.50. The number of hydrogen-bond acceptors (Lipinski definition) is 4. The zero-order valence-electron chi connectivity index (χ0n) is 22.7. The molecule has 0 spiro atoms. The third-order valence-electron chi connectivity index (χ3n) is 7.37. The zero-order chi connectivity index (χ0) is 28.4. The van der Waals surface area contributed by atoms with E-state index >= 15 is 0 Å². The number of alkyl halides is 3. The van der Waals surface area contributed by atoms with E-state index in [9.17, 15) is 27.9 Å². The average molecular weight is 565 g/mol. The van der Waals surface area contributed by atoms with E-state index in [1.54, 1.807) is 18.2 Å². The number of carbonyl (C=O) groups is 2. The quantitative estimate of drug-likeness (QED) is 0.276. The Kier molecular flexibility index (Phi) is 11.7. The molecular weight excluding hydrogens is 525 g/mol. The number of carbonyl (C=O) groups excluding carboxylic acids is 1. The predicted octanol–water partition coefficient (Wildman–Crippen LogP) is 6.93. The number of carboxylic acid groups (broad SMARTS) is 1. The lowest BCUT2D eigenvalue weighted by molar-refractivity contribution is -0.147. The van der Waals surface area contributed by atoms with Gasteiger partial charge in [0.2, 0.25) is 0 Å². The lowest BCUT2D eigenvalue weighted by atomic mass is 9.87. The first-order valence-electron chi connectivity index (χ1n) is 13.6. The first-order chi connectivity index (χ1) is 18.6. The van der Waals surface area contributed by atoms with Crippen molar-refractivity contribution in [2.45, 2.75) is 70.6 Å². The van der Waals surface area contributed by atoms with Crippen LogP contribution in [0.25, 0.3) is 11.1 Å². The van der Waals surface area contributed by atoms with Crippen LogP contribution in [0.4, 0.5) is 13.2 Å². The standard InChI is InChI=1S/C30H39F3N2O3S/c1-21-8-6-7-11-24(21)26-18-23(12-13-25(26)28(36)34-27(29(37)38)15-17-39-2)19-35(20-30(31,32)33)16-14-22-9-4-3-5-10-22/h6-8,11-13,18,22,27H,3-5,9-10,14-17,19-20H2,1-2H3,(H,34,36)(H,37,38). The molecule has 3 rings (SSSR count). The van der Waals surface area contributed by atoms with Crippen LogP contribution in [-0.2, 0) is 11.3 Å². The molecule has 2 aromatic rings. The first-order valence-corrected chi connectivity index (χ1v) is 15.0. The maximum Gasteiger partial charge on any atom is 0.401 e. The van der Waals surface area contributed by atoms with Crippen molar-refractivity contribution < 1.29 is 27.9 Å². The number of aryl methyl sites for hydroxylation is 1. The molecule has 214 valence electrons. The summed E-state index contributed by atoms with van der Waals surface area (Å²) in [6, 6.07) is 11.5. The average Bonchev–Trinajstić information content (AvgIpc) is 2.89. The number of nitrogens with zero attached hydrogens (tertiary/aromatic N) is 1. The van der Waals surface area contributed by atoms with Gasteiger partial charge in [-0.3, -0.25) is 9.69 Å². The van der Waals surface area contributed by atoms with E-state index in [1.165, 1.54) is 23.1 Å². The monoisotopic (exact) mass is 564 g/mol. The van der Waals surface area contributed by atoms with Crippen LogP contribution in [0.5, 0.6) is 0 Å². The molecule has 0 aromatic heterocycles. The van der Waals surface area contributed by atoms with E-state index in [-0.39, 0.29) is 13.0 Å². The number of halogens is 3. The Morgan fingerprint density at radius 1 is 1.10 bits per heavy atom. The second kappa shape index (κ2) is 14.7. The highest BCUT2D eigenvalue weighted by atomic mass is 32.2. The molecule has 0 heterocycles. The van der Waals surface area contributed by atoms with Crippen LogP contribution < -0.4 is 5.32 Å². The maximum atomic E-state index is 13.5. The Hall–Kier alpha value is -2.52. The minimum Gasteiger partial charge on any atom is -0.480 e. The fourth-order valence-electron chi connectivity index (χ4n) is 5.28. The number of thioether (sulfide) groups is 1. The number of aliphatic carboxylic acids is 1. The maximum absolute atomic E-state index is 13.5. The molecule has 9 heteroatoms. The molecule has 5 nitrogen and oxygen atoms in total. The molecular formula is C30H39F3N2O3S. The number of amides is 1. The summed E-state index contributed by atoms with van der Waals surface area (Å²) in [5.41, 5.74) is 3.25. The number of benzene rings is 2. The van der Waals surface area contributed by atoms with Crippen LogP contribution in [0.15, 0.2) is 42.5 Å². The van der Waals surface area contributed by atoms with Gasteiger partial charge in [0.05, 0.1) is 6.54 Å². The molecule has 2 N–H and O–H groups in total. The number of rotatable bonds is 13. The highest BCUT2D eigenvalue weighted by Crippen LogP contribution is 2.30. The lowest BCUT2D eigenvalue weighted by Gasteiger charge is -2.28. The summed E-state index contributed by atoms with van der Waals surface area (Å²) in [5.74, 6) is -0.571. The Bertz CT molecular complexity index is 1100.